The SMILES string of the molecule is O=C(C1Cc2cc(Cl)ccc2O1)N(CCO)CCO. The Hall–Kier alpha value is -1.30. The van der Waals surface area contributed by atoms with Gasteiger partial charge in [0.05, 0.1) is 13.2 Å². The van der Waals surface area contributed by atoms with Gasteiger partial charge in [0, 0.05) is 24.5 Å². The number of benzene rings is 1. The molecule has 1 amide bonds. The number of ether oxygens (including phenoxy) is 1. The third kappa shape index (κ3) is 3.18. The zero-order valence-electron chi connectivity index (χ0n) is 10.4. The molecule has 0 radical (unpaired) electrons. The van der Waals surface area contributed by atoms with Crippen LogP contribution in [-0.4, -0.2) is 53.4 Å². The van der Waals surface area contributed by atoms with E-state index in [1.807, 2.05) is 0 Å². The Labute approximate surface area is 116 Å². The van der Waals surface area contributed by atoms with Gasteiger partial charge in [-0.2, -0.15) is 0 Å². The topological polar surface area (TPSA) is 70.0 Å². The predicted octanol–water partition coefficient (Wildman–Crippen LogP) is 0.457. The van der Waals surface area contributed by atoms with E-state index in [0.717, 1.165) is 5.56 Å². The van der Waals surface area contributed by atoms with Gasteiger partial charge in [-0.1, -0.05) is 11.6 Å². The molecule has 0 bridgehead atoms. The molecule has 0 fully saturated rings. The van der Waals surface area contributed by atoms with Gasteiger partial charge >= 0.3 is 0 Å². The first-order chi connectivity index (χ1) is 9.15. The van der Waals surface area contributed by atoms with Crippen molar-refractivity contribution in [3.8, 4) is 5.75 Å². The second-order valence-electron chi connectivity index (χ2n) is 4.34. The van der Waals surface area contributed by atoms with Crippen LogP contribution in [0.4, 0.5) is 0 Å². The van der Waals surface area contributed by atoms with Gasteiger partial charge < -0.3 is 19.8 Å². The zero-order valence-corrected chi connectivity index (χ0v) is 11.1. The Kier molecular flexibility index (Phi) is 4.63. The minimum atomic E-state index is -0.605. The minimum Gasteiger partial charge on any atom is -0.480 e. The molecule has 0 spiro atoms. The van der Waals surface area contributed by atoms with Crippen LogP contribution >= 0.6 is 11.6 Å². The van der Waals surface area contributed by atoms with Gasteiger partial charge in [0.2, 0.25) is 0 Å². The molecule has 19 heavy (non-hydrogen) atoms. The smallest absolute Gasteiger partial charge is 0.264 e. The number of amides is 1. The van der Waals surface area contributed by atoms with E-state index in [1.165, 1.54) is 4.90 Å². The number of hydrogen-bond donors (Lipinski definition) is 2. The molecular weight excluding hydrogens is 270 g/mol. The van der Waals surface area contributed by atoms with E-state index >= 15 is 0 Å². The van der Waals surface area contributed by atoms with Crippen molar-refractivity contribution in [2.24, 2.45) is 0 Å². The van der Waals surface area contributed by atoms with E-state index < -0.39 is 6.10 Å². The molecule has 0 aromatic heterocycles. The summed E-state index contributed by atoms with van der Waals surface area (Å²) >= 11 is 5.90. The normalized spacial score (nSPS) is 16.9. The highest BCUT2D eigenvalue weighted by Crippen LogP contribution is 2.31. The van der Waals surface area contributed by atoms with Gasteiger partial charge in [-0.3, -0.25) is 4.79 Å². The van der Waals surface area contributed by atoms with E-state index in [1.54, 1.807) is 18.2 Å². The van der Waals surface area contributed by atoms with Crippen molar-refractivity contribution in [3.63, 3.8) is 0 Å². The lowest BCUT2D eigenvalue weighted by molar-refractivity contribution is -0.139. The van der Waals surface area contributed by atoms with Crippen LogP contribution in [0, 0.1) is 0 Å². The molecule has 1 aromatic rings. The van der Waals surface area contributed by atoms with Crippen LogP contribution in [-0.2, 0) is 11.2 Å². The zero-order chi connectivity index (χ0) is 13.8. The number of aliphatic hydroxyl groups is 2. The van der Waals surface area contributed by atoms with Crippen molar-refractivity contribution in [1.82, 2.24) is 4.90 Å². The third-order valence-corrected chi connectivity index (χ3v) is 3.26. The van der Waals surface area contributed by atoms with E-state index in [4.69, 9.17) is 26.6 Å². The van der Waals surface area contributed by atoms with Crippen LogP contribution in [0.25, 0.3) is 0 Å². The Morgan fingerprint density at radius 3 is 2.68 bits per heavy atom. The Balaban J connectivity index is 2.06. The second kappa shape index (κ2) is 6.23. The van der Waals surface area contributed by atoms with Crippen LogP contribution in [0.2, 0.25) is 5.02 Å². The Morgan fingerprint density at radius 1 is 1.37 bits per heavy atom. The first-order valence-corrected chi connectivity index (χ1v) is 6.49. The van der Waals surface area contributed by atoms with Crippen LogP contribution in [0.15, 0.2) is 18.2 Å². The number of halogens is 1. The minimum absolute atomic E-state index is 0.142. The summed E-state index contributed by atoms with van der Waals surface area (Å²) in [6.07, 6.45) is -0.145. The van der Waals surface area contributed by atoms with Crippen molar-refractivity contribution in [2.75, 3.05) is 26.3 Å². The fraction of sp³-hybridized carbons (Fsp3) is 0.462. The lowest BCUT2D eigenvalue weighted by Gasteiger charge is -2.23. The van der Waals surface area contributed by atoms with Crippen molar-refractivity contribution in [2.45, 2.75) is 12.5 Å². The highest BCUT2D eigenvalue weighted by molar-refractivity contribution is 6.30. The monoisotopic (exact) mass is 285 g/mol. The summed E-state index contributed by atoms with van der Waals surface area (Å²) in [6, 6.07) is 5.24. The number of nitrogens with zero attached hydrogens (tertiary/aromatic N) is 1. The van der Waals surface area contributed by atoms with E-state index in [0.29, 0.717) is 17.2 Å². The molecule has 1 unspecified atom stereocenters. The summed E-state index contributed by atoms with van der Waals surface area (Å²) < 4.78 is 5.58. The van der Waals surface area contributed by atoms with Crippen molar-refractivity contribution < 1.29 is 19.7 Å². The van der Waals surface area contributed by atoms with Crippen LogP contribution in [0.5, 0.6) is 5.75 Å². The van der Waals surface area contributed by atoms with Crippen molar-refractivity contribution in [1.29, 1.82) is 0 Å². The lowest BCUT2D eigenvalue weighted by Crippen LogP contribution is -2.44. The fourth-order valence-corrected chi connectivity index (χ4v) is 2.33. The lowest BCUT2D eigenvalue weighted by atomic mass is 10.1. The number of aliphatic hydroxyl groups excluding tert-OH is 2. The van der Waals surface area contributed by atoms with E-state index in [-0.39, 0.29) is 32.2 Å². The molecular formula is C13H16ClNO4. The summed E-state index contributed by atoms with van der Waals surface area (Å²) in [5, 5.41) is 18.5. The van der Waals surface area contributed by atoms with Crippen molar-refractivity contribution >= 4 is 17.5 Å². The van der Waals surface area contributed by atoms with Gasteiger partial charge in [0.15, 0.2) is 6.10 Å². The number of carbonyl (C=O) groups excluding carboxylic acids is 1. The third-order valence-electron chi connectivity index (χ3n) is 3.02. The van der Waals surface area contributed by atoms with Gasteiger partial charge in [0.25, 0.3) is 5.91 Å². The quantitative estimate of drug-likeness (QED) is 0.824. The van der Waals surface area contributed by atoms with Crippen LogP contribution < -0.4 is 4.74 Å². The number of carbonyl (C=O) groups is 1. The molecule has 1 atom stereocenters. The van der Waals surface area contributed by atoms with Crippen LogP contribution in [0.1, 0.15) is 5.56 Å². The van der Waals surface area contributed by atoms with Gasteiger partial charge in [0.1, 0.15) is 5.75 Å². The summed E-state index contributed by atoms with van der Waals surface area (Å²) in [5.74, 6) is 0.436. The van der Waals surface area contributed by atoms with E-state index in [2.05, 4.69) is 0 Å². The number of hydrogen-bond acceptors (Lipinski definition) is 4. The first-order valence-electron chi connectivity index (χ1n) is 6.11. The maximum Gasteiger partial charge on any atom is 0.264 e. The average Bonchev–Trinajstić information content (AvgIpc) is 2.80. The van der Waals surface area contributed by atoms with Gasteiger partial charge in [-0.15, -0.1) is 0 Å². The molecule has 0 saturated carbocycles. The molecule has 1 aliphatic heterocycles. The molecule has 0 aliphatic carbocycles. The molecule has 0 saturated heterocycles. The van der Waals surface area contributed by atoms with Crippen molar-refractivity contribution in [3.05, 3.63) is 28.8 Å². The summed E-state index contributed by atoms with van der Waals surface area (Å²) in [6.45, 7) is 0.0984. The average molecular weight is 286 g/mol. The molecule has 5 nitrogen and oxygen atoms in total. The number of fused-ring (bicyclic) bond motifs is 1. The molecule has 2 rings (SSSR count). The largest absolute Gasteiger partial charge is 0.480 e. The van der Waals surface area contributed by atoms with Crippen LogP contribution in [0.3, 0.4) is 0 Å². The fourth-order valence-electron chi connectivity index (χ4n) is 2.13. The van der Waals surface area contributed by atoms with Gasteiger partial charge in [-0.05, 0) is 23.8 Å². The maximum absolute atomic E-state index is 12.2. The summed E-state index contributed by atoms with van der Waals surface area (Å²) in [7, 11) is 0. The number of rotatable bonds is 5. The molecule has 104 valence electrons. The maximum atomic E-state index is 12.2. The molecule has 1 aromatic carbocycles. The summed E-state index contributed by atoms with van der Waals surface area (Å²) in [5.41, 5.74) is 0.902. The Morgan fingerprint density at radius 2 is 2.05 bits per heavy atom. The van der Waals surface area contributed by atoms with Gasteiger partial charge in [-0.25, -0.2) is 0 Å². The molecule has 1 aliphatic rings. The summed E-state index contributed by atoms with van der Waals surface area (Å²) in [4.78, 5) is 13.6. The Bertz CT molecular complexity index is 460. The first kappa shape index (κ1) is 14.1. The predicted molar refractivity (Wildman–Crippen MR) is 70.3 cm³/mol. The highest BCUT2D eigenvalue weighted by Gasteiger charge is 2.32. The molecule has 6 heteroatoms. The molecule has 2 N–H and O–H groups in total. The standard InChI is InChI=1S/C13H16ClNO4/c14-10-1-2-11-9(7-10)8-12(19-11)13(18)15(3-5-16)4-6-17/h1-2,7,12,16-17H,3-6,8H2. The highest BCUT2D eigenvalue weighted by atomic mass is 35.5. The second-order valence-corrected chi connectivity index (χ2v) is 4.77. The molecule has 1 heterocycles. The van der Waals surface area contributed by atoms with E-state index in [9.17, 15) is 4.79 Å².